The van der Waals surface area contributed by atoms with Gasteiger partial charge in [-0.25, -0.2) is 5.01 Å². The Morgan fingerprint density at radius 1 is 1.21 bits per heavy atom. The Hall–Kier alpha value is -2.87. The van der Waals surface area contributed by atoms with E-state index in [-0.39, 0.29) is 17.7 Å². The van der Waals surface area contributed by atoms with E-state index in [2.05, 4.69) is 27.4 Å². The molecule has 28 heavy (non-hydrogen) atoms. The van der Waals surface area contributed by atoms with Crippen LogP contribution >= 0.6 is 11.8 Å². The summed E-state index contributed by atoms with van der Waals surface area (Å²) in [5, 5.41) is 15.0. The van der Waals surface area contributed by atoms with Crippen molar-refractivity contribution in [2.24, 2.45) is 12.1 Å². The van der Waals surface area contributed by atoms with Gasteiger partial charge in [0, 0.05) is 13.5 Å². The SMILES string of the molecule is Cc1ccc(C2=NN(C(=O)CSc3nnc(C)n3C)[C@H](c3ccco3)C2)cc1. The van der Waals surface area contributed by atoms with E-state index in [4.69, 9.17) is 4.42 Å². The van der Waals surface area contributed by atoms with Crippen LogP contribution in [0, 0.1) is 13.8 Å². The van der Waals surface area contributed by atoms with Crippen LogP contribution in [0.4, 0.5) is 0 Å². The van der Waals surface area contributed by atoms with Crippen molar-refractivity contribution in [3.8, 4) is 0 Å². The number of amides is 1. The topological polar surface area (TPSA) is 76.5 Å². The van der Waals surface area contributed by atoms with Crippen LogP contribution in [0.5, 0.6) is 0 Å². The molecule has 1 amide bonds. The van der Waals surface area contributed by atoms with Gasteiger partial charge in [-0.1, -0.05) is 41.6 Å². The van der Waals surface area contributed by atoms with Crippen molar-refractivity contribution in [3.05, 3.63) is 65.4 Å². The van der Waals surface area contributed by atoms with Gasteiger partial charge in [0.1, 0.15) is 17.6 Å². The first-order chi connectivity index (χ1) is 13.5. The summed E-state index contributed by atoms with van der Waals surface area (Å²) in [4.78, 5) is 13.0. The highest BCUT2D eigenvalue weighted by molar-refractivity contribution is 7.99. The molecule has 2 aromatic heterocycles. The molecule has 4 rings (SSSR count). The molecule has 1 aromatic carbocycles. The van der Waals surface area contributed by atoms with Crippen molar-refractivity contribution in [1.82, 2.24) is 19.8 Å². The van der Waals surface area contributed by atoms with E-state index in [9.17, 15) is 4.79 Å². The molecule has 7 nitrogen and oxygen atoms in total. The molecule has 1 atom stereocenters. The molecule has 144 valence electrons. The van der Waals surface area contributed by atoms with Crippen molar-refractivity contribution in [2.75, 3.05) is 5.75 Å². The third-order valence-electron chi connectivity index (χ3n) is 4.80. The third kappa shape index (κ3) is 3.60. The third-order valence-corrected chi connectivity index (χ3v) is 5.80. The van der Waals surface area contributed by atoms with Crippen LogP contribution < -0.4 is 0 Å². The maximum atomic E-state index is 13.0. The fourth-order valence-electron chi connectivity index (χ4n) is 3.07. The first kappa shape index (κ1) is 18.5. The number of hydrazone groups is 1. The van der Waals surface area contributed by atoms with E-state index in [1.54, 1.807) is 11.3 Å². The summed E-state index contributed by atoms with van der Waals surface area (Å²) in [7, 11) is 1.89. The highest BCUT2D eigenvalue weighted by atomic mass is 32.2. The van der Waals surface area contributed by atoms with Crippen molar-refractivity contribution in [1.29, 1.82) is 0 Å². The van der Waals surface area contributed by atoms with Gasteiger partial charge in [-0.05, 0) is 31.5 Å². The molecule has 1 aliphatic heterocycles. The van der Waals surface area contributed by atoms with E-state index in [1.807, 2.05) is 49.7 Å². The minimum absolute atomic E-state index is 0.0887. The van der Waals surface area contributed by atoms with Crippen molar-refractivity contribution >= 4 is 23.4 Å². The standard InChI is InChI=1S/C20H21N5O2S/c1-13-6-8-15(9-7-13)16-11-17(18-5-4-10-27-18)25(23-16)19(26)12-28-20-22-21-14(2)24(20)3/h4-10,17H,11-12H2,1-3H3/t17-/m0/s1. The van der Waals surface area contributed by atoms with E-state index in [0.29, 0.717) is 11.6 Å². The number of rotatable bonds is 5. The summed E-state index contributed by atoms with van der Waals surface area (Å²) < 4.78 is 7.45. The number of hydrogen-bond acceptors (Lipinski definition) is 6. The van der Waals surface area contributed by atoms with Gasteiger partial charge in [-0.2, -0.15) is 5.10 Å². The highest BCUT2D eigenvalue weighted by Gasteiger charge is 2.34. The number of hydrogen-bond donors (Lipinski definition) is 0. The zero-order valence-electron chi connectivity index (χ0n) is 16.0. The summed E-state index contributed by atoms with van der Waals surface area (Å²) in [6.07, 6.45) is 2.25. The Balaban J connectivity index is 1.56. The Labute approximate surface area is 167 Å². The molecule has 8 heteroatoms. The molecule has 1 aliphatic rings. The van der Waals surface area contributed by atoms with Crippen LogP contribution in [0.2, 0.25) is 0 Å². The lowest BCUT2D eigenvalue weighted by Gasteiger charge is -2.19. The van der Waals surface area contributed by atoms with Crippen LogP contribution in [0.1, 0.15) is 35.2 Å². The van der Waals surface area contributed by atoms with Gasteiger partial charge in [0.25, 0.3) is 5.91 Å². The van der Waals surface area contributed by atoms with Gasteiger partial charge >= 0.3 is 0 Å². The van der Waals surface area contributed by atoms with Crippen molar-refractivity contribution in [3.63, 3.8) is 0 Å². The average Bonchev–Trinajstić information content (AvgIpc) is 3.42. The number of nitrogens with zero attached hydrogens (tertiary/aromatic N) is 5. The zero-order valence-corrected chi connectivity index (χ0v) is 16.8. The summed E-state index contributed by atoms with van der Waals surface area (Å²) >= 11 is 1.36. The lowest BCUT2D eigenvalue weighted by atomic mass is 10.0. The molecular weight excluding hydrogens is 374 g/mol. The normalized spacial score (nSPS) is 16.5. The molecule has 0 bridgehead atoms. The Morgan fingerprint density at radius 2 is 2.00 bits per heavy atom. The minimum atomic E-state index is -0.236. The Kier molecular flexibility index (Phi) is 5.04. The molecule has 3 heterocycles. The highest BCUT2D eigenvalue weighted by Crippen LogP contribution is 2.34. The molecular formula is C20H21N5O2S. The van der Waals surface area contributed by atoms with E-state index >= 15 is 0 Å². The summed E-state index contributed by atoms with van der Waals surface area (Å²) in [6, 6.07) is 11.7. The fourth-order valence-corrected chi connectivity index (χ4v) is 3.88. The number of benzene rings is 1. The van der Waals surface area contributed by atoms with Crippen LogP contribution in [0.15, 0.2) is 57.3 Å². The molecule has 0 N–H and O–H groups in total. The Morgan fingerprint density at radius 3 is 2.64 bits per heavy atom. The van der Waals surface area contributed by atoms with Crippen LogP contribution in [0.25, 0.3) is 0 Å². The molecule has 0 spiro atoms. The second-order valence-corrected chi connectivity index (χ2v) is 7.71. The summed E-state index contributed by atoms with van der Waals surface area (Å²) in [5.74, 6) is 1.69. The minimum Gasteiger partial charge on any atom is -0.467 e. The predicted molar refractivity (Wildman–Crippen MR) is 107 cm³/mol. The van der Waals surface area contributed by atoms with Gasteiger partial charge in [-0.15, -0.1) is 10.2 Å². The smallest absolute Gasteiger partial charge is 0.253 e. The summed E-state index contributed by atoms with van der Waals surface area (Å²) in [5.41, 5.74) is 3.09. The predicted octanol–water partition coefficient (Wildman–Crippen LogP) is 3.49. The molecule has 0 radical (unpaired) electrons. The second-order valence-electron chi connectivity index (χ2n) is 6.76. The second kappa shape index (κ2) is 7.63. The molecule has 0 saturated heterocycles. The van der Waals surface area contributed by atoms with Gasteiger partial charge in [0.05, 0.1) is 17.7 Å². The van der Waals surface area contributed by atoms with Crippen LogP contribution in [-0.2, 0) is 11.8 Å². The molecule has 0 fully saturated rings. The quantitative estimate of drug-likeness (QED) is 0.618. The maximum Gasteiger partial charge on any atom is 0.253 e. The fraction of sp³-hybridized carbons (Fsp3) is 0.300. The molecule has 0 saturated carbocycles. The monoisotopic (exact) mass is 395 g/mol. The summed E-state index contributed by atoms with van der Waals surface area (Å²) in [6.45, 7) is 3.93. The lowest BCUT2D eigenvalue weighted by Crippen LogP contribution is -2.28. The molecule has 0 unspecified atom stereocenters. The van der Waals surface area contributed by atoms with Crippen molar-refractivity contribution in [2.45, 2.75) is 31.5 Å². The lowest BCUT2D eigenvalue weighted by molar-refractivity contribution is -0.130. The molecule has 0 aliphatic carbocycles. The number of carbonyl (C=O) groups is 1. The van der Waals surface area contributed by atoms with Crippen LogP contribution in [-0.4, -0.2) is 37.1 Å². The Bertz CT molecular complexity index is 1010. The van der Waals surface area contributed by atoms with Gasteiger partial charge < -0.3 is 8.98 Å². The maximum absolute atomic E-state index is 13.0. The van der Waals surface area contributed by atoms with Gasteiger partial charge in [-0.3, -0.25) is 4.79 Å². The van der Waals surface area contributed by atoms with Gasteiger partial charge in [0.2, 0.25) is 0 Å². The number of thioether (sulfide) groups is 1. The number of aryl methyl sites for hydroxylation is 2. The average molecular weight is 395 g/mol. The largest absolute Gasteiger partial charge is 0.467 e. The van der Waals surface area contributed by atoms with E-state index < -0.39 is 0 Å². The number of carbonyl (C=O) groups excluding carboxylic acids is 1. The number of aromatic nitrogens is 3. The first-order valence-electron chi connectivity index (χ1n) is 9.01. The van der Waals surface area contributed by atoms with E-state index in [1.165, 1.54) is 17.3 Å². The van der Waals surface area contributed by atoms with Crippen molar-refractivity contribution < 1.29 is 9.21 Å². The number of furan rings is 1. The van der Waals surface area contributed by atoms with Gasteiger partial charge in [0.15, 0.2) is 5.16 Å². The van der Waals surface area contributed by atoms with Crippen LogP contribution in [0.3, 0.4) is 0 Å². The molecule has 3 aromatic rings. The first-order valence-corrected chi connectivity index (χ1v) is 10.0. The van der Waals surface area contributed by atoms with E-state index in [0.717, 1.165) is 22.9 Å². The zero-order chi connectivity index (χ0) is 19.7.